The molecule has 172 valence electrons. The van der Waals surface area contributed by atoms with Gasteiger partial charge in [-0.15, -0.1) is 0 Å². The standard InChI is InChI=1S/C26H22N2O5S/c1-28-19-12-18(25(29)27-14-16-7-9-21-22(11-16)33-15-32-21)8-10-23(19)34-24(26(28)30)13-17-5-3-4-6-20(17)31-2/h3-13H,14-15H2,1-2H3,(H,27,29)/b24-13+. The van der Waals surface area contributed by atoms with Crippen molar-refractivity contribution in [3.05, 3.63) is 82.3 Å². The summed E-state index contributed by atoms with van der Waals surface area (Å²) in [5, 5.41) is 2.92. The molecule has 0 radical (unpaired) electrons. The van der Waals surface area contributed by atoms with Crippen LogP contribution in [-0.2, 0) is 11.3 Å². The lowest BCUT2D eigenvalue weighted by Crippen LogP contribution is -2.31. The van der Waals surface area contributed by atoms with Gasteiger partial charge in [0, 0.05) is 29.6 Å². The van der Waals surface area contributed by atoms with Crippen LogP contribution in [0.4, 0.5) is 5.69 Å². The summed E-state index contributed by atoms with van der Waals surface area (Å²) in [7, 11) is 3.32. The number of likely N-dealkylation sites (N-methyl/N-ethyl adjacent to an activating group) is 1. The zero-order valence-electron chi connectivity index (χ0n) is 18.7. The van der Waals surface area contributed by atoms with E-state index in [9.17, 15) is 9.59 Å². The van der Waals surface area contributed by atoms with E-state index in [2.05, 4.69) is 5.32 Å². The van der Waals surface area contributed by atoms with E-state index >= 15 is 0 Å². The summed E-state index contributed by atoms with van der Waals surface area (Å²) < 4.78 is 16.1. The Hall–Kier alpha value is -3.91. The molecular weight excluding hydrogens is 452 g/mol. The first-order chi connectivity index (χ1) is 16.5. The summed E-state index contributed by atoms with van der Waals surface area (Å²) in [6.07, 6.45) is 1.83. The van der Waals surface area contributed by atoms with Crippen LogP contribution < -0.4 is 24.4 Å². The molecule has 2 heterocycles. The molecule has 0 bridgehead atoms. The molecule has 0 fully saturated rings. The number of carbonyl (C=O) groups is 2. The molecule has 2 aliphatic heterocycles. The Bertz CT molecular complexity index is 1320. The van der Waals surface area contributed by atoms with Crippen LogP contribution in [0.2, 0.25) is 0 Å². The minimum absolute atomic E-state index is 0.138. The molecule has 0 atom stereocenters. The molecule has 34 heavy (non-hydrogen) atoms. The van der Waals surface area contributed by atoms with Gasteiger partial charge in [-0.05, 0) is 48.0 Å². The van der Waals surface area contributed by atoms with E-state index in [1.807, 2.05) is 54.6 Å². The number of hydrogen-bond acceptors (Lipinski definition) is 6. The third kappa shape index (κ3) is 4.20. The number of nitrogens with zero attached hydrogens (tertiary/aromatic N) is 1. The number of fused-ring (bicyclic) bond motifs is 2. The van der Waals surface area contributed by atoms with E-state index in [0.29, 0.717) is 39.9 Å². The highest BCUT2D eigenvalue weighted by molar-refractivity contribution is 8.04. The Morgan fingerprint density at radius 2 is 1.94 bits per heavy atom. The molecule has 0 aromatic heterocycles. The SMILES string of the molecule is COc1ccccc1/C=C1/Sc2ccc(C(=O)NCc3ccc4c(c3)OCO4)cc2N(C)C1=O. The van der Waals surface area contributed by atoms with Crippen LogP contribution in [0.25, 0.3) is 6.08 Å². The third-order valence-electron chi connectivity index (χ3n) is 5.63. The Labute approximate surface area is 201 Å². The summed E-state index contributed by atoms with van der Waals surface area (Å²) in [5.74, 6) is 1.72. The van der Waals surface area contributed by atoms with E-state index in [0.717, 1.165) is 16.0 Å². The van der Waals surface area contributed by atoms with Gasteiger partial charge in [-0.25, -0.2) is 0 Å². The summed E-state index contributed by atoms with van der Waals surface area (Å²) in [4.78, 5) is 28.9. The van der Waals surface area contributed by atoms with E-state index < -0.39 is 0 Å². The van der Waals surface area contributed by atoms with Crippen molar-refractivity contribution < 1.29 is 23.8 Å². The predicted molar refractivity (Wildman–Crippen MR) is 130 cm³/mol. The summed E-state index contributed by atoms with van der Waals surface area (Å²) in [6, 6.07) is 18.5. The van der Waals surface area contributed by atoms with Gasteiger partial charge in [0.05, 0.1) is 17.7 Å². The van der Waals surface area contributed by atoms with Crippen LogP contribution in [0.15, 0.2) is 70.5 Å². The van der Waals surface area contributed by atoms with Crippen molar-refractivity contribution in [3.8, 4) is 17.2 Å². The number of hydrogen-bond donors (Lipinski definition) is 1. The molecule has 0 unspecified atom stereocenters. The molecule has 0 spiro atoms. The van der Waals surface area contributed by atoms with Crippen molar-refractivity contribution in [3.63, 3.8) is 0 Å². The molecule has 3 aromatic carbocycles. The Kier molecular flexibility index (Phi) is 5.90. The monoisotopic (exact) mass is 474 g/mol. The van der Waals surface area contributed by atoms with Gasteiger partial charge in [0.2, 0.25) is 6.79 Å². The number of methoxy groups -OCH3 is 1. The smallest absolute Gasteiger partial charge is 0.264 e. The molecule has 0 saturated carbocycles. The number of anilines is 1. The lowest BCUT2D eigenvalue weighted by atomic mass is 10.1. The fourth-order valence-electron chi connectivity index (χ4n) is 3.80. The highest BCUT2D eigenvalue weighted by Gasteiger charge is 2.27. The third-order valence-corrected chi connectivity index (χ3v) is 6.71. The van der Waals surface area contributed by atoms with Crippen LogP contribution in [0.5, 0.6) is 17.2 Å². The van der Waals surface area contributed by atoms with Crippen molar-refractivity contribution in [2.75, 3.05) is 25.9 Å². The molecule has 2 aliphatic rings. The van der Waals surface area contributed by atoms with Crippen LogP contribution >= 0.6 is 11.8 Å². The summed E-state index contributed by atoms with van der Waals surface area (Å²) in [5.41, 5.74) is 2.92. The summed E-state index contributed by atoms with van der Waals surface area (Å²) >= 11 is 1.38. The lowest BCUT2D eigenvalue weighted by molar-refractivity contribution is -0.114. The number of ether oxygens (including phenoxy) is 3. The average molecular weight is 475 g/mol. The fourth-order valence-corrected chi connectivity index (χ4v) is 4.88. The molecule has 7 nitrogen and oxygen atoms in total. The number of nitrogens with one attached hydrogen (secondary N) is 1. The Morgan fingerprint density at radius 3 is 2.79 bits per heavy atom. The number of amides is 2. The van der Waals surface area contributed by atoms with Gasteiger partial charge in [-0.1, -0.05) is 36.0 Å². The second-order valence-electron chi connectivity index (χ2n) is 7.77. The number of benzene rings is 3. The second kappa shape index (κ2) is 9.15. The molecule has 3 aromatic rings. The maximum Gasteiger partial charge on any atom is 0.264 e. The zero-order valence-corrected chi connectivity index (χ0v) is 19.5. The van der Waals surface area contributed by atoms with E-state index in [-0.39, 0.29) is 18.6 Å². The second-order valence-corrected chi connectivity index (χ2v) is 8.85. The van der Waals surface area contributed by atoms with Gasteiger partial charge in [0.1, 0.15) is 5.75 Å². The quantitative estimate of drug-likeness (QED) is 0.550. The first kappa shape index (κ1) is 21.9. The van der Waals surface area contributed by atoms with Crippen molar-refractivity contribution >= 4 is 35.3 Å². The molecule has 5 rings (SSSR count). The van der Waals surface area contributed by atoms with Gasteiger partial charge in [0.15, 0.2) is 11.5 Å². The molecule has 0 saturated heterocycles. The van der Waals surface area contributed by atoms with Crippen LogP contribution in [0, 0.1) is 0 Å². The van der Waals surface area contributed by atoms with Crippen LogP contribution in [-0.4, -0.2) is 32.8 Å². The summed E-state index contributed by atoms with van der Waals surface area (Å²) in [6.45, 7) is 0.558. The first-order valence-electron chi connectivity index (χ1n) is 10.6. The number of thioether (sulfide) groups is 1. The lowest BCUT2D eigenvalue weighted by Gasteiger charge is -2.27. The topological polar surface area (TPSA) is 77.1 Å². The number of rotatable bonds is 5. The van der Waals surface area contributed by atoms with Gasteiger partial charge in [0.25, 0.3) is 11.8 Å². The van der Waals surface area contributed by atoms with Gasteiger partial charge in [-0.3, -0.25) is 9.59 Å². The molecular formula is C26H22N2O5S. The predicted octanol–water partition coefficient (Wildman–Crippen LogP) is 4.46. The van der Waals surface area contributed by atoms with Gasteiger partial charge in [-0.2, -0.15) is 0 Å². The fraction of sp³-hybridized carbons (Fsp3) is 0.154. The van der Waals surface area contributed by atoms with E-state index in [1.54, 1.807) is 31.2 Å². The maximum atomic E-state index is 13.1. The Balaban J connectivity index is 1.33. The van der Waals surface area contributed by atoms with Crippen LogP contribution in [0.1, 0.15) is 21.5 Å². The molecule has 1 N–H and O–H groups in total. The maximum absolute atomic E-state index is 13.1. The highest BCUT2D eigenvalue weighted by atomic mass is 32.2. The first-order valence-corrected chi connectivity index (χ1v) is 11.5. The normalized spacial score (nSPS) is 15.3. The average Bonchev–Trinajstić information content (AvgIpc) is 3.34. The van der Waals surface area contributed by atoms with Crippen LogP contribution in [0.3, 0.4) is 0 Å². The van der Waals surface area contributed by atoms with E-state index in [1.165, 1.54) is 11.8 Å². The highest BCUT2D eigenvalue weighted by Crippen LogP contribution is 2.42. The van der Waals surface area contributed by atoms with Crippen molar-refractivity contribution in [1.82, 2.24) is 5.32 Å². The molecule has 8 heteroatoms. The number of carbonyl (C=O) groups excluding carboxylic acids is 2. The molecule has 2 amide bonds. The largest absolute Gasteiger partial charge is 0.496 e. The zero-order chi connectivity index (χ0) is 23.7. The Morgan fingerprint density at radius 1 is 1.12 bits per heavy atom. The van der Waals surface area contributed by atoms with Crippen molar-refractivity contribution in [1.29, 1.82) is 0 Å². The van der Waals surface area contributed by atoms with Gasteiger partial charge >= 0.3 is 0 Å². The number of para-hydroxylation sites is 1. The van der Waals surface area contributed by atoms with Gasteiger partial charge < -0.3 is 24.4 Å². The van der Waals surface area contributed by atoms with Crippen molar-refractivity contribution in [2.45, 2.75) is 11.4 Å². The van der Waals surface area contributed by atoms with E-state index in [4.69, 9.17) is 14.2 Å². The minimum Gasteiger partial charge on any atom is -0.496 e. The minimum atomic E-state index is -0.221. The molecule has 0 aliphatic carbocycles. The van der Waals surface area contributed by atoms with Crippen molar-refractivity contribution in [2.24, 2.45) is 0 Å².